The molecule has 0 spiro atoms. The Morgan fingerprint density at radius 1 is 1.31 bits per heavy atom. The summed E-state index contributed by atoms with van der Waals surface area (Å²) in [6, 6.07) is 5.64. The van der Waals surface area contributed by atoms with Crippen LogP contribution < -0.4 is 15.4 Å². The van der Waals surface area contributed by atoms with Crippen molar-refractivity contribution >= 4 is 11.8 Å². The van der Waals surface area contributed by atoms with E-state index in [1.165, 1.54) is 24.3 Å². The Labute approximate surface area is 152 Å². The summed E-state index contributed by atoms with van der Waals surface area (Å²) in [6.45, 7) is 0.478. The quantitative estimate of drug-likeness (QED) is 0.805. The Morgan fingerprint density at radius 3 is 2.81 bits per heavy atom. The van der Waals surface area contributed by atoms with Crippen LogP contribution in [0, 0.1) is 17.7 Å². The van der Waals surface area contributed by atoms with Crippen molar-refractivity contribution < 1.29 is 23.5 Å². The zero-order valence-corrected chi connectivity index (χ0v) is 14.9. The van der Waals surface area contributed by atoms with Gasteiger partial charge in [-0.25, -0.2) is 4.39 Å². The number of nitrogens with one attached hydrogen (secondary N) is 2. The minimum atomic E-state index is -0.347. The molecular weight excluding hydrogens is 339 g/mol. The van der Waals surface area contributed by atoms with Crippen LogP contribution in [0.25, 0.3) is 0 Å². The van der Waals surface area contributed by atoms with Gasteiger partial charge in [0.2, 0.25) is 5.91 Å². The number of hydrogen-bond donors (Lipinski definition) is 2. The van der Waals surface area contributed by atoms with E-state index in [9.17, 15) is 14.0 Å². The summed E-state index contributed by atoms with van der Waals surface area (Å²) >= 11 is 0. The molecule has 0 radical (unpaired) electrons. The minimum Gasteiger partial charge on any atom is -0.484 e. The van der Waals surface area contributed by atoms with Crippen molar-refractivity contribution in [3.05, 3.63) is 30.1 Å². The van der Waals surface area contributed by atoms with E-state index >= 15 is 0 Å². The van der Waals surface area contributed by atoms with E-state index < -0.39 is 0 Å². The molecule has 1 saturated carbocycles. The highest BCUT2D eigenvalue weighted by atomic mass is 19.1. The number of methoxy groups -OCH3 is 1. The average molecular weight is 364 g/mol. The summed E-state index contributed by atoms with van der Waals surface area (Å²) in [5.41, 5.74) is 0. The van der Waals surface area contributed by atoms with Crippen LogP contribution in [0.4, 0.5) is 4.39 Å². The largest absolute Gasteiger partial charge is 0.484 e. The maximum absolute atomic E-state index is 12.9. The number of carbonyl (C=O) groups is 2. The van der Waals surface area contributed by atoms with Crippen molar-refractivity contribution in [1.82, 2.24) is 10.6 Å². The Morgan fingerprint density at radius 2 is 2.08 bits per heavy atom. The Balaban J connectivity index is 1.48. The molecule has 4 atom stereocenters. The van der Waals surface area contributed by atoms with Gasteiger partial charge in [0.1, 0.15) is 11.6 Å². The van der Waals surface area contributed by atoms with Crippen molar-refractivity contribution in [2.24, 2.45) is 11.8 Å². The zero-order chi connectivity index (χ0) is 18.5. The molecule has 1 aromatic rings. The van der Waals surface area contributed by atoms with Gasteiger partial charge in [0, 0.05) is 32.2 Å². The van der Waals surface area contributed by atoms with Crippen LogP contribution in [0.5, 0.6) is 5.75 Å². The molecule has 1 aliphatic carbocycles. The van der Waals surface area contributed by atoms with Gasteiger partial charge in [0.15, 0.2) is 6.61 Å². The summed E-state index contributed by atoms with van der Waals surface area (Å²) in [5, 5.41) is 6.04. The number of amides is 2. The molecule has 142 valence electrons. The van der Waals surface area contributed by atoms with Crippen LogP contribution in [0.3, 0.4) is 0 Å². The fraction of sp³-hybridized carbons (Fsp3) is 0.579. The van der Waals surface area contributed by atoms with Gasteiger partial charge >= 0.3 is 0 Å². The van der Waals surface area contributed by atoms with E-state index in [2.05, 4.69) is 10.6 Å². The predicted molar refractivity (Wildman–Crippen MR) is 93.1 cm³/mol. The van der Waals surface area contributed by atoms with Crippen LogP contribution in [0.1, 0.15) is 25.7 Å². The van der Waals surface area contributed by atoms with Gasteiger partial charge in [-0.3, -0.25) is 9.59 Å². The second-order valence-corrected chi connectivity index (χ2v) is 7.08. The normalized spacial score (nSPS) is 28.0. The molecule has 0 bridgehead atoms. The summed E-state index contributed by atoms with van der Waals surface area (Å²) < 4.78 is 23.5. The van der Waals surface area contributed by atoms with Gasteiger partial charge in [-0.2, -0.15) is 0 Å². The molecule has 6 nitrogen and oxygen atoms in total. The molecule has 2 fully saturated rings. The summed E-state index contributed by atoms with van der Waals surface area (Å²) in [5.74, 6) is 0.592. The number of carbonyl (C=O) groups excluding carboxylic acids is 2. The lowest BCUT2D eigenvalue weighted by Gasteiger charge is -2.43. The number of fused-ring (bicyclic) bond motifs is 1. The lowest BCUT2D eigenvalue weighted by atomic mass is 9.71. The molecule has 2 aliphatic rings. The van der Waals surface area contributed by atoms with Gasteiger partial charge < -0.3 is 20.1 Å². The third kappa shape index (κ3) is 4.72. The smallest absolute Gasteiger partial charge is 0.258 e. The van der Waals surface area contributed by atoms with E-state index in [0.29, 0.717) is 24.7 Å². The van der Waals surface area contributed by atoms with Crippen molar-refractivity contribution in [2.75, 3.05) is 20.3 Å². The van der Waals surface area contributed by atoms with Crippen molar-refractivity contribution in [3.63, 3.8) is 0 Å². The van der Waals surface area contributed by atoms with E-state index in [-0.39, 0.29) is 42.2 Å². The number of ether oxygens (including phenoxy) is 2. The molecule has 3 rings (SSSR count). The van der Waals surface area contributed by atoms with Gasteiger partial charge in [-0.15, -0.1) is 0 Å². The van der Waals surface area contributed by atoms with Crippen LogP contribution in [-0.2, 0) is 14.3 Å². The molecule has 1 heterocycles. The summed E-state index contributed by atoms with van der Waals surface area (Å²) in [7, 11) is 1.66. The molecule has 26 heavy (non-hydrogen) atoms. The van der Waals surface area contributed by atoms with Crippen LogP contribution in [0.2, 0.25) is 0 Å². The van der Waals surface area contributed by atoms with E-state index in [4.69, 9.17) is 9.47 Å². The lowest BCUT2D eigenvalue weighted by molar-refractivity contribution is -0.128. The van der Waals surface area contributed by atoms with E-state index in [1.54, 1.807) is 7.11 Å². The minimum absolute atomic E-state index is 0.0159. The van der Waals surface area contributed by atoms with Gasteiger partial charge in [0.25, 0.3) is 5.91 Å². The molecule has 2 N–H and O–H groups in total. The van der Waals surface area contributed by atoms with Crippen LogP contribution >= 0.6 is 0 Å². The number of rotatable bonds is 6. The van der Waals surface area contributed by atoms with Gasteiger partial charge in [-0.05, 0) is 55.4 Å². The van der Waals surface area contributed by atoms with Gasteiger partial charge in [-0.1, -0.05) is 0 Å². The molecule has 0 aromatic heterocycles. The first kappa shape index (κ1) is 18.6. The molecule has 2 amide bonds. The molecular formula is C19H25FN2O4. The topological polar surface area (TPSA) is 76.7 Å². The standard InChI is InChI=1S/C19H25FN2O4/c1-25-10-12-8-18(23)22-17-9-14(4-7-16(12)17)21-19(24)11-26-15-5-2-13(20)3-6-15/h2-3,5-6,12,14,16-17H,4,7-11H2,1H3,(H,21,24)(H,22,23). The second kappa shape index (κ2) is 8.49. The maximum atomic E-state index is 12.9. The molecule has 1 saturated heterocycles. The highest BCUT2D eigenvalue weighted by Crippen LogP contribution is 2.35. The Bertz CT molecular complexity index is 637. The highest BCUT2D eigenvalue weighted by molar-refractivity contribution is 5.78. The SMILES string of the molecule is COCC1CC(=O)NC2CC(NC(=O)COc3ccc(F)cc3)CCC12. The molecule has 7 heteroatoms. The van der Waals surface area contributed by atoms with E-state index in [1.807, 2.05) is 0 Å². The third-order valence-electron chi connectivity index (χ3n) is 5.23. The first-order valence-corrected chi connectivity index (χ1v) is 9.01. The van der Waals surface area contributed by atoms with Crippen molar-refractivity contribution in [1.29, 1.82) is 0 Å². The van der Waals surface area contributed by atoms with Crippen LogP contribution in [0.15, 0.2) is 24.3 Å². The molecule has 1 aliphatic heterocycles. The fourth-order valence-corrected chi connectivity index (χ4v) is 4.06. The first-order chi connectivity index (χ1) is 12.5. The average Bonchev–Trinajstić information content (AvgIpc) is 2.61. The van der Waals surface area contributed by atoms with Gasteiger partial charge in [0.05, 0.1) is 0 Å². The predicted octanol–water partition coefficient (Wildman–Crippen LogP) is 1.64. The summed E-state index contributed by atoms with van der Waals surface area (Å²) in [6.07, 6.45) is 3.05. The number of benzene rings is 1. The number of piperidine rings is 1. The number of hydrogen-bond acceptors (Lipinski definition) is 4. The van der Waals surface area contributed by atoms with Crippen molar-refractivity contribution in [3.8, 4) is 5.75 Å². The Kier molecular flexibility index (Phi) is 6.08. The third-order valence-corrected chi connectivity index (χ3v) is 5.23. The maximum Gasteiger partial charge on any atom is 0.258 e. The monoisotopic (exact) mass is 364 g/mol. The van der Waals surface area contributed by atoms with Crippen LogP contribution in [-0.4, -0.2) is 44.2 Å². The molecule has 1 aromatic carbocycles. The molecule has 4 unspecified atom stereocenters. The second-order valence-electron chi connectivity index (χ2n) is 7.08. The first-order valence-electron chi connectivity index (χ1n) is 9.01. The Hall–Kier alpha value is -2.15. The highest BCUT2D eigenvalue weighted by Gasteiger charge is 2.40. The lowest BCUT2D eigenvalue weighted by Crippen LogP contribution is -2.56. The van der Waals surface area contributed by atoms with E-state index in [0.717, 1.165) is 19.3 Å². The fourth-order valence-electron chi connectivity index (χ4n) is 4.06. The van der Waals surface area contributed by atoms with Crippen molar-refractivity contribution in [2.45, 2.75) is 37.8 Å². The number of halogens is 1. The zero-order valence-electron chi connectivity index (χ0n) is 14.9. The summed E-state index contributed by atoms with van der Waals surface area (Å²) in [4.78, 5) is 24.0.